The molecule has 0 saturated carbocycles. The van der Waals surface area contributed by atoms with Gasteiger partial charge in [-0.15, -0.1) is 0 Å². The third-order valence-electron chi connectivity index (χ3n) is 2.72. The van der Waals surface area contributed by atoms with Crippen LogP contribution in [0.15, 0.2) is 30.3 Å². The Bertz CT molecular complexity index is 577. The number of ether oxygens (including phenoxy) is 2. The van der Waals surface area contributed by atoms with E-state index in [1.165, 1.54) is 0 Å². The molecule has 0 heterocycles. The van der Waals surface area contributed by atoms with E-state index in [-0.39, 0.29) is 32.0 Å². The molecule has 1 atom stereocenters. The maximum Gasteiger partial charge on any atom is 0.430 e. The summed E-state index contributed by atoms with van der Waals surface area (Å²) in [6.07, 6.45) is -4.86. The van der Waals surface area contributed by atoms with Gasteiger partial charge in [0.2, 0.25) is 0 Å². The topological polar surface area (TPSA) is 119 Å². The second kappa shape index (κ2) is 11.9. The molecule has 0 amide bonds. The normalized spacial score (nSPS) is 11.6. The second-order valence-electron chi connectivity index (χ2n) is 4.83. The van der Waals surface area contributed by atoms with Crippen molar-refractivity contribution >= 4 is 17.9 Å². The van der Waals surface area contributed by atoms with Crippen LogP contribution in [-0.2, 0) is 30.5 Å². The molecule has 1 rings (SSSR count). The largest absolute Gasteiger partial charge is 0.542 e. The molecule has 7 nitrogen and oxygen atoms in total. The fraction of sp³-hybridized carbons (Fsp3) is 0.438. The van der Waals surface area contributed by atoms with Crippen LogP contribution >= 0.6 is 0 Å². The smallest absolute Gasteiger partial charge is 0.430 e. The molecule has 0 aromatic heterocycles. The fourth-order valence-corrected chi connectivity index (χ4v) is 1.45. The first-order valence-electron chi connectivity index (χ1n) is 7.47. The summed E-state index contributed by atoms with van der Waals surface area (Å²) in [6, 6.07) is 8.61. The van der Waals surface area contributed by atoms with Crippen molar-refractivity contribution in [3.05, 3.63) is 35.9 Å². The first-order valence-corrected chi connectivity index (χ1v) is 7.47. The van der Waals surface area contributed by atoms with Crippen molar-refractivity contribution in [2.24, 2.45) is 5.73 Å². The van der Waals surface area contributed by atoms with Crippen LogP contribution in [0.5, 0.6) is 0 Å². The van der Waals surface area contributed by atoms with Crippen LogP contribution in [-0.4, -0.2) is 36.7 Å². The Hall–Kier alpha value is -2.62. The Labute approximate surface area is 147 Å². The fourth-order valence-electron chi connectivity index (χ4n) is 1.45. The molecule has 10 heteroatoms. The minimum atomic E-state index is -5.19. The number of hydrogen-bond acceptors (Lipinski definition) is 7. The van der Waals surface area contributed by atoms with E-state index in [0.29, 0.717) is 0 Å². The first-order chi connectivity index (χ1) is 12.1. The molecule has 146 valence electrons. The molecule has 0 fully saturated rings. The minimum Gasteiger partial charge on any atom is -0.542 e. The van der Waals surface area contributed by atoms with Gasteiger partial charge in [-0.25, -0.2) is 0 Å². The van der Waals surface area contributed by atoms with Crippen molar-refractivity contribution in [1.82, 2.24) is 0 Å². The number of carboxylic acids is 1. The van der Waals surface area contributed by atoms with E-state index >= 15 is 0 Å². The molecule has 0 saturated heterocycles. The second-order valence-corrected chi connectivity index (χ2v) is 4.83. The lowest BCUT2D eigenvalue weighted by Crippen LogP contribution is -2.37. The number of nitrogens with two attached hydrogens (primary N) is 1. The number of carboxylic acid groups (broad SMARTS) is 1. The van der Waals surface area contributed by atoms with E-state index in [1.807, 2.05) is 30.3 Å². The van der Waals surface area contributed by atoms with Gasteiger partial charge in [0.05, 0.1) is 6.61 Å². The van der Waals surface area contributed by atoms with Crippen molar-refractivity contribution in [3.8, 4) is 0 Å². The number of aliphatic carboxylic acids is 1. The van der Waals surface area contributed by atoms with E-state index in [0.717, 1.165) is 5.56 Å². The number of carbonyl (C=O) groups is 3. The number of rotatable bonds is 7. The summed E-state index contributed by atoms with van der Waals surface area (Å²) in [5.74, 6) is -3.87. The average molecular weight is 378 g/mol. The van der Waals surface area contributed by atoms with Gasteiger partial charge in [0, 0.05) is 6.42 Å². The third-order valence-corrected chi connectivity index (χ3v) is 2.72. The van der Waals surface area contributed by atoms with Crippen molar-refractivity contribution in [2.45, 2.75) is 38.6 Å². The lowest BCUT2D eigenvalue weighted by molar-refractivity contribution is -0.344. The summed E-state index contributed by atoms with van der Waals surface area (Å²) in [6.45, 7) is 2.22. The Morgan fingerprint density at radius 3 is 2.15 bits per heavy atom. The Kier molecular flexibility index (Phi) is 10.7. The zero-order chi connectivity index (χ0) is 20.2. The van der Waals surface area contributed by atoms with Gasteiger partial charge in [-0.2, -0.15) is 13.2 Å². The van der Waals surface area contributed by atoms with Crippen molar-refractivity contribution < 1.29 is 42.1 Å². The number of esters is 2. The van der Waals surface area contributed by atoms with Crippen molar-refractivity contribution in [2.75, 3.05) is 6.61 Å². The van der Waals surface area contributed by atoms with Gasteiger partial charge in [0.15, 0.2) is 0 Å². The van der Waals surface area contributed by atoms with Crippen LogP contribution in [0.2, 0.25) is 0 Å². The molecule has 0 aliphatic carbocycles. The highest BCUT2D eigenvalue weighted by Crippen LogP contribution is 2.11. The van der Waals surface area contributed by atoms with Crippen LogP contribution in [0, 0.1) is 0 Å². The molecule has 0 radical (unpaired) electrons. The molecular formula is C16H19F3NO6-. The van der Waals surface area contributed by atoms with Gasteiger partial charge in [-0.3, -0.25) is 9.59 Å². The summed E-state index contributed by atoms with van der Waals surface area (Å²) < 4.78 is 41.4. The van der Waals surface area contributed by atoms with Crippen LogP contribution in [0.1, 0.15) is 25.3 Å². The lowest BCUT2D eigenvalue weighted by atomic mass is 10.2. The highest BCUT2D eigenvalue weighted by molar-refractivity contribution is 5.77. The Balaban J connectivity index is 0.000000758. The highest BCUT2D eigenvalue weighted by Gasteiger charge is 2.28. The zero-order valence-corrected chi connectivity index (χ0v) is 14.0. The van der Waals surface area contributed by atoms with E-state index in [9.17, 15) is 22.8 Å². The number of alkyl halides is 3. The van der Waals surface area contributed by atoms with E-state index < -0.39 is 24.2 Å². The Morgan fingerprint density at radius 1 is 1.15 bits per heavy atom. The lowest BCUT2D eigenvalue weighted by Gasteiger charge is -2.10. The maximum absolute atomic E-state index is 11.5. The van der Waals surface area contributed by atoms with E-state index in [1.54, 1.807) is 6.92 Å². The molecule has 1 aromatic carbocycles. The van der Waals surface area contributed by atoms with Crippen LogP contribution in [0.4, 0.5) is 13.2 Å². The highest BCUT2D eigenvalue weighted by atomic mass is 19.4. The van der Waals surface area contributed by atoms with E-state index in [4.69, 9.17) is 25.1 Å². The average Bonchev–Trinajstić information content (AvgIpc) is 2.58. The number of halogens is 3. The monoisotopic (exact) mass is 378 g/mol. The quantitative estimate of drug-likeness (QED) is 0.694. The predicted octanol–water partition coefficient (Wildman–Crippen LogP) is 0.699. The maximum atomic E-state index is 11.5. The summed E-state index contributed by atoms with van der Waals surface area (Å²) in [7, 11) is 0. The molecule has 1 unspecified atom stereocenters. The molecular weight excluding hydrogens is 359 g/mol. The molecule has 0 aliphatic rings. The SMILES string of the molecule is CCOC(=O)C(N)CCC(=O)OCc1ccccc1.O=C([O-])C(F)(F)F. The molecule has 26 heavy (non-hydrogen) atoms. The molecule has 0 aliphatic heterocycles. The minimum absolute atomic E-state index is 0.104. The van der Waals surface area contributed by atoms with Gasteiger partial charge in [0.25, 0.3) is 0 Å². The summed E-state index contributed by atoms with van der Waals surface area (Å²) >= 11 is 0. The van der Waals surface area contributed by atoms with Gasteiger partial charge in [-0.05, 0) is 18.9 Å². The predicted molar refractivity (Wildman–Crippen MR) is 81.1 cm³/mol. The van der Waals surface area contributed by atoms with Gasteiger partial charge >= 0.3 is 18.1 Å². The van der Waals surface area contributed by atoms with Gasteiger partial charge in [0.1, 0.15) is 18.6 Å². The van der Waals surface area contributed by atoms with Crippen molar-refractivity contribution in [3.63, 3.8) is 0 Å². The third kappa shape index (κ3) is 11.0. The van der Waals surface area contributed by atoms with Crippen LogP contribution < -0.4 is 10.8 Å². The van der Waals surface area contributed by atoms with Crippen molar-refractivity contribution in [1.29, 1.82) is 0 Å². The van der Waals surface area contributed by atoms with E-state index in [2.05, 4.69) is 0 Å². The van der Waals surface area contributed by atoms with Gasteiger partial charge < -0.3 is 25.1 Å². The summed E-state index contributed by atoms with van der Waals surface area (Å²) in [5.41, 5.74) is 6.50. The van der Waals surface area contributed by atoms with Crippen LogP contribution in [0.3, 0.4) is 0 Å². The Morgan fingerprint density at radius 2 is 1.69 bits per heavy atom. The molecule has 0 spiro atoms. The summed E-state index contributed by atoms with van der Waals surface area (Å²) in [4.78, 5) is 31.5. The van der Waals surface area contributed by atoms with Gasteiger partial charge in [-0.1, -0.05) is 30.3 Å². The number of carbonyl (C=O) groups excluding carboxylic acids is 3. The number of hydrogen-bond donors (Lipinski definition) is 1. The zero-order valence-electron chi connectivity index (χ0n) is 14.0. The molecule has 2 N–H and O–H groups in total. The standard InChI is InChI=1S/C14H19NO4.C2HF3O2/c1-2-18-14(17)12(15)8-9-13(16)19-10-11-6-4-3-5-7-11;3-2(4,5)1(6)7/h3-7,12H,2,8-10,15H2,1H3;(H,6,7)/p-1. The number of benzene rings is 1. The molecule has 0 bridgehead atoms. The van der Waals surface area contributed by atoms with Crippen LogP contribution in [0.25, 0.3) is 0 Å². The molecule has 1 aromatic rings. The first kappa shape index (κ1) is 23.4. The summed E-state index contributed by atoms with van der Waals surface area (Å²) in [5, 5.41) is 8.78.